The van der Waals surface area contributed by atoms with Crippen LogP contribution in [0.3, 0.4) is 0 Å². The molecule has 4 aliphatic rings. The largest absolute Gasteiger partial charge is 0.460 e. The minimum Gasteiger partial charge on any atom is -0.460 e. The third kappa shape index (κ3) is 2.04. The van der Waals surface area contributed by atoms with Crippen LogP contribution in [0.5, 0.6) is 0 Å². The average molecular weight is 299 g/mol. The number of carbonyl (C=O) groups is 1. The molecule has 0 N–H and O–H groups in total. The van der Waals surface area contributed by atoms with Crippen molar-refractivity contribution in [2.75, 3.05) is 7.11 Å². The SMILES string of the molecule is CO/N=C1\C2CC3CC(C(=O)OCc4ccccc4)(C2)CC13. The Hall–Kier alpha value is -1.84. The fourth-order valence-corrected chi connectivity index (χ4v) is 4.90. The molecular weight excluding hydrogens is 278 g/mol. The lowest BCUT2D eigenvalue weighted by molar-refractivity contribution is -0.159. The third-order valence-electron chi connectivity index (χ3n) is 5.70. The van der Waals surface area contributed by atoms with Crippen molar-refractivity contribution in [3.05, 3.63) is 35.9 Å². The zero-order valence-corrected chi connectivity index (χ0v) is 12.8. The molecule has 0 aliphatic heterocycles. The molecule has 1 aromatic rings. The first-order valence-corrected chi connectivity index (χ1v) is 8.04. The summed E-state index contributed by atoms with van der Waals surface area (Å²) in [5.74, 6) is 1.44. The maximum atomic E-state index is 12.7. The zero-order chi connectivity index (χ0) is 15.2. The molecule has 4 aliphatic carbocycles. The maximum absolute atomic E-state index is 12.7. The maximum Gasteiger partial charge on any atom is 0.312 e. The van der Waals surface area contributed by atoms with Crippen LogP contribution in [-0.4, -0.2) is 18.8 Å². The van der Waals surface area contributed by atoms with Crippen molar-refractivity contribution in [2.24, 2.45) is 28.3 Å². The molecule has 116 valence electrons. The summed E-state index contributed by atoms with van der Waals surface area (Å²) in [5, 5.41) is 4.23. The predicted molar refractivity (Wildman–Crippen MR) is 82.1 cm³/mol. The highest BCUT2D eigenvalue weighted by atomic mass is 16.6. The summed E-state index contributed by atoms with van der Waals surface area (Å²) in [6.45, 7) is 0.375. The Morgan fingerprint density at radius 3 is 2.82 bits per heavy atom. The van der Waals surface area contributed by atoms with Gasteiger partial charge in [-0.2, -0.15) is 0 Å². The smallest absolute Gasteiger partial charge is 0.312 e. The van der Waals surface area contributed by atoms with Gasteiger partial charge in [0.2, 0.25) is 0 Å². The standard InChI is InChI=1S/C18H21NO3/c1-21-19-16-14-7-13-8-18(9-14,10-15(13)16)17(20)22-11-12-5-3-2-4-6-12/h2-6,13-15H,7-11H2,1H3/b19-16+. The van der Waals surface area contributed by atoms with Crippen molar-refractivity contribution in [2.45, 2.75) is 32.3 Å². The van der Waals surface area contributed by atoms with Crippen molar-refractivity contribution < 1.29 is 14.4 Å². The van der Waals surface area contributed by atoms with E-state index in [2.05, 4.69) is 5.16 Å². The van der Waals surface area contributed by atoms with Gasteiger partial charge in [-0.1, -0.05) is 35.5 Å². The van der Waals surface area contributed by atoms with Crippen molar-refractivity contribution in [3.63, 3.8) is 0 Å². The molecule has 1 aromatic carbocycles. The highest BCUT2D eigenvalue weighted by Gasteiger charge is 2.63. The topological polar surface area (TPSA) is 47.9 Å². The second-order valence-electron chi connectivity index (χ2n) is 6.95. The van der Waals surface area contributed by atoms with E-state index in [0.29, 0.717) is 24.4 Å². The third-order valence-corrected chi connectivity index (χ3v) is 5.70. The van der Waals surface area contributed by atoms with E-state index >= 15 is 0 Å². The average Bonchev–Trinajstić information content (AvgIpc) is 2.94. The number of hydrogen-bond donors (Lipinski definition) is 0. The van der Waals surface area contributed by atoms with E-state index in [1.54, 1.807) is 7.11 Å². The zero-order valence-electron chi connectivity index (χ0n) is 12.8. The van der Waals surface area contributed by atoms with E-state index in [0.717, 1.165) is 24.8 Å². The summed E-state index contributed by atoms with van der Waals surface area (Å²) < 4.78 is 5.64. The van der Waals surface area contributed by atoms with Gasteiger partial charge < -0.3 is 9.57 Å². The van der Waals surface area contributed by atoms with E-state index in [4.69, 9.17) is 9.57 Å². The summed E-state index contributed by atoms with van der Waals surface area (Å²) in [7, 11) is 1.61. The summed E-state index contributed by atoms with van der Waals surface area (Å²) in [6.07, 6.45) is 3.91. The highest BCUT2D eigenvalue weighted by Crippen LogP contribution is 2.63. The molecule has 0 amide bonds. The normalized spacial score (nSPS) is 36.8. The molecule has 0 radical (unpaired) electrons. The number of benzene rings is 1. The molecule has 0 spiro atoms. The van der Waals surface area contributed by atoms with E-state index in [9.17, 15) is 4.79 Å². The fourth-order valence-electron chi connectivity index (χ4n) is 4.90. The van der Waals surface area contributed by atoms with Crippen molar-refractivity contribution in [1.29, 1.82) is 0 Å². The number of rotatable bonds is 4. The molecular formula is C18H21NO3. The number of ether oxygens (including phenoxy) is 1. The molecule has 0 heterocycles. The number of esters is 1. The van der Waals surface area contributed by atoms with Gasteiger partial charge in [-0.3, -0.25) is 4.79 Å². The fraction of sp³-hybridized carbons (Fsp3) is 0.556. The Morgan fingerprint density at radius 1 is 1.27 bits per heavy atom. The van der Waals surface area contributed by atoms with Crippen LogP contribution in [0.25, 0.3) is 0 Å². The molecule has 4 bridgehead atoms. The van der Waals surface area contributed by atoms with Crippen LogP contribution in [0.2, 0.25) is 0 Å². The summed E-state index contributed by atoms with van der Waals surface area (Å²) in [6, 6.07) is 9.89. The van der Waals surface area contributed by atoms with E-state index in [1.165, 1.54) is 12.1 Å². The van der Waals surface area contributed by atoms with Crippen molar-refractivity contribution >= 4 is 11.7 Å². The summed E-state index contributed by atoms with van der Waals surface area (Å²) >= 11 is 0. The van der Waals surface area contributed by atoms with E-state index < -0.39 is 0 Å². The Bertz CT molecular complexity index is 608. The lowest BCUT2D eigenvalue weighted by atomic mass is 9.69. The van der Waals surface area contributed by atoms with Crippen LogP contribution >= 0.6 is 0 Å². The quantitative estimate of drug-likeness (QED) is 0.634. The van der Waals surface area contributed by atoms with Gasteiger partial charge in [0.1, 0.15) is 13.7 Å². The number of hydrogen-bond acceptors (Lipinski definition) is 4. The lowest BCUT2D eigenvalue weighted by Crippen LogP contribution is -2.39. The van der Waals surface area contributed by atoms with E-state index in [1.807, 2.05) is 30.3 Å². The van der Waals surface area contributed by atoms with Gasteiger partial charge in [-0.15, -0.1) is 0 Å². The van der Waals surface area contributed by atoms with Gasteiger partial charge >= 0.3 is 5.97 Å². The molecule has 4 nitrogen and oxygen atoms in total. The molecule has 22 heavy (non-hydrogen) atoms. The van der Waals surface area contributed by atoms with Gasteiger partial charge in [0.05, 0.1) is 11.1 Å². The first-order chi connectivity index (χ1) is 10.7. The van der Waals surface area contributed by atoms with Crippen LogP contribution in [0, 0.1) is 23.2 Å². The molecule has 5 rings (SSSR count). The van der Waals surface area contributed by atoms with E-state index in [-0.39, 0.29) is 11.4 Å². The van der Waals surface area contributed by atoms with Gasteiger partial charge in [0.15, 0.2) is 0 Å². The van der Waals surface area contributed by atoms with Gasteiger partial charge in [0.25, 0.3) is 0 Å². The van der Waals surface area contributed by atoms with Gasteiger partial charge in [-0.25, -0.2) is 0 Å². The van der Waals surface area contributed by atoms with Crippen molar-refractivity contribution in [3.8, 4) is 0 Å². The number of nitrogens with zero attached hydrogens (tertiary/aromatic N) is 1. The van der Waals surface area contributed by atoms with Crippen LogP contribution in [-0.2, 0) is 21.0 Å². The molecule has 4 atom stereocenters. The number of carbonyl (C=O) groups excluding carboxylic acids is 1. The highest BCUT2D eigenvalue weighted by molar-refractivity contribution is 5.95. The Morgan fingerprint density at radius 2 is 2.09 bits per heavy atom. The van der Waals surface area contributed by atoms with Crippen LogP contribution in [0.15, 0.2) is 35.5 Å². The first-order valence-electron chi connectivity index (χ1n) is 8.04. The molecule has 4 unspecified atom stereocenters. The molecule has 4 fully saturated rings. The number of oxime groups is 1. The second-order valence-corrected chi connectivity index (χ2v) is 6.95. The molecule has 4 heteroatoms. The first kappa shape index (κ1) is 13.8. The summed E-state index contributed by atoms with van der Waals surface area (Å²) in [4.78, 5) is 17.7. The monoisotopic (exact) mass is 299 g/mol. The van der Waals surface area contributed by atoms with Gasteiger partial charge in [-0.05, 0) is 37.2 Å². The Kier molecular flexibility index (Phi) is 3.21. The molecule has 0 saturated heterocycles. The van der Waals surface area contributed by atoms with Crippen LogP contribution in [0.1, 0.15) is 31.2 Å². The van der Waals surface area contributed by atoms with Crippen molar-refractivity contribution in [1.82, 2.24) is 0 Å². The minimum absolute atomic E-state index is 0.00924. The molecule has 4 saturated carbocycles. The second kappa shape index (κ2) is 5.11. The minimum atomic E-state index is -0.264. The van der Waals surface area contributed by atoms with Gasteiger partial charge in [0, 0.05) is 11.8 Å². The Labute approximate surface area is 130 Å². The summed E-state index contributed by atoms with van der Waals surface area (Å²) in [5.41, 5.74) is 1.97. The predicted octanol–water partition coefficient (Wildman–Crippen LogP) is 3.17. The van der Waals surface area contributed by atoms with Crippen LogP contribution in [0.4, 0.5) is 0 Å². The molecule has 0 aromatic heterocycles. The van der Waals surface area contributed by atoms with Crippen LogP contribution < -0.4 is 0 Å². The Balaban J connectivity index is 1.46. The lowest BCUT2D eigenvalue weighted by Gasteiger charge is -2.36.